The second-order valence-corrected chi connectivity index (χ2v) is 11.7. The van der Waals surface area contributed by atoms with Crippen molar-refractivity contribution in [1.82, 2.24) is 4.90 Å². The van der Waals surface area contributed by atoms with Gasteiger partial charge in [0.1, 0.15) is 0 Å². The summed E-state index contributed by atoms with van der Waals surface area (Å²) >= 11 is 0. The molecule has 5 aliphatic rings. The third-order valence-corrected chi connectivity index (χ3v) is 10.3. The van der Waals surface area contributed by atoms with Gasteiger partial charge in [-0.25, -0.2) is 0 Å². The van der Waals surface area contributed by atoms with E-state index in [0.29, 0.717) is 11.8 Å². The van der Waals surface area contributed by atoms with Gasteiger partial charge in [0.05, 0.1) is 11.7 Å². The fourth-order valence-electron chi connectivity index (χ4n) is 8.24. The highest BCUT2D eigenvalue weighted by Gasteiger charge is 2.62. The molecule has 3 nitrogen and oxygen atoms in total. The standard InChI is InChI=1S/C28H37NO2/c1-26-12-9-22(30)15-21(26)7-8-23-24(26)10-13-27(2)25(23)11-14-28(27,31)18-29-16-19-5-3-4-6-20(19)17-29/h3-8,22,24-25,30-31H,9-18H2,1-2H3. The van der Waals surface area contributed by atoms with Crippen molar-refractivity contribution in [1.29, 1.82) is 0 Å². The van der Waals surface area contributed by atoms with E-state index in [1.807, 2.05) is 0 Å². The van der Waals surface area contributed by atoms with Gasteiger partial charge in [-0.3, -0.25) is 4.90 Å². The van der Waals surface area contributed by atoms with Gasteiger partial charge in [0.2, 0.25) is 0 Å². The summed E-state index contributed by atoms with van der Waals surface area (Å²) in [6.45, 7) is 7.57. The van der Waals surface area contributed by atoms with Crippen LogP contribution < -0.4 is 0 Å². The second-order valence-electron chi connectivity index (χ2n) is 11.7. The lowest BCUT2D eigenvalue weighted by atomic mass is 9.50. The Morgan fingerprint density at radius 1 is 0.935 bits per heavy atom. The van der Waals surface area contributed by atoms with Crippen LogP contribution in [0.25, 0.3) is 0 Å². The molecule has 31 heavy (non-hydrogen) atoms. The molecule has 6 rings (SSSR count). The zero-order chi connectivity index (χ0) is 21.4. The molecule has 3 saturated carbocycles. The first-order valence-electron chi connectivity index (χ1n) is 12.4. The van der Waals surface area contributed by atoms with Crippen LogP contribution in [0.1, 0.15) is 69.9 Å². The summed E-state index contributed by atoms with van der Waals surface area (Å²) in [5.41, 5.74) is 5.48. The second kappa shape index (κ2) is 6.79. The summed E-state index contributed by atoms with van der Waals surface area (Å²) in [5, 5.41) is 22.3. The summed E-state index contributed by atoms with van der Waals surface area (Å²) in [5.74, 6) is 1.08. The predicted octanol–water partition coefficient (Wildman–Crippen LogP) is 4.98. The van der Waals surface area contributed by atoms with Crippen LogP contribution in [0.5, 0.6) is 0 Å². The monoisotopic (exact) mass is 419 g/mol. The van der Waals surface area contributed by atoms with E-state index in [1.54, 1.807) is 5.57 Å². The first-order chi connectivity index (χ1) is 14.8. The molecule has 1 aromatic carbocycles. The molecular formula is C28H37NO2. The first-order valence-corrected chi connectivity index (χ1v) is 12.4. The minimum Gasteiger partial charge on any atom is -0.393 e. The zero-order valence-corrected chi connectivity index (χ0v) is 19.1. The molecule has 1 aliphatic heterocycles. The molecule has 0 saturated heterocycles. The van der Waals surface area contributed by atoms with Crippen LogP contribution in [-0.2, 0) is 13.1 Å². The molecule has 4 aliphatic carbocycles. The van der Waals surface area contributed by atoms with Crippen molar-refractivity contribution in [2.45, 2.75) is 83.6 Å². The maximum absolute atomic E-state index is 12.1. The molecule has 0 spiro atoms. The molecule has 0 radical (unpaired) electrons. The molecule has 0 aromatic heterocycles. The minimum atomic E-state index is -0.612. The van der Waals surface area contributed by atoms with Gasteiger partial charge in [-0.1, -0.05) is 61.4 Å². The smallest absolute Gasteiger partial charge is 0.0833 e. The van der Waals surface area contributed by atoms with Crippen LogP contribution in [-0.4, -0.2) is 33.4 Å². The molecular weight excluding hydrogens is 382 g/mol. The SMILES string of the molecule is CC12CCC(O)CC1=CC=C1C2CCC2(C)C1CCC2(O)CN1Cc2ccccc2C1. The van der Waals surface area contributed by atoms with Gasteiger partial charge >= 0.3 is 0 Å². The molecule has 6 atom stereocenters. The van der Waals surface area contributed by atoms with E-state index in [2.05, 4.69) is 55.2 Å². The van der Waals surface area contributed by atoms with Gasteiger partial charge in [0, 0.05) is 25.0 Å². The lowest BCUT2D eigenvalue weighted by Crippen LogP contribution is -2.55. The van der Waals surface area contributed by atoms with Crippen molar-refractivity contribution in [3.8, 4) is 0 Å². The first kappa shape index (κ1) is 20.2. The van der Waals surface area contributed by atoms with Gasteiger partial charge in [-0.05, 0) is 73.3 Å². The van der Waals surface area contributed by atoms with Crippen LogP contribution in [0.2, 0.25) is 0 Å². The molecule has 1 heterocycles. The van der Waals surface area contributed by atoms with Crippen molar-refractivity contribution in [2.75, 3.05) is 6.54 Å². The normalized spacial score (nSPS) is 44.1. The fraction of sp³-hybridized carbons (Fsp3) is 0.643. The number of nitrogens with zero attached hydrogens (tertiary/aromatic N) is 1. The summed E-state index contributed by atoms with van der Waals surface area (Å²) in [7, 11) is 0. The molecule has 2 N–H and O–H groups in total. The van der Waals surface area contributed by atoms with Crippen molar-refractivity contribution in [2.24, 2.45) is 22.7 Å². The Labute approximate surface area is 186 Å². The van der Waals surface area contributed by atoms with Gasteiger partial charge in [-0.15, -0.1) is 0 Å². The number of hydrogen-bond acceptors (Lipinski definition) is 3. The average Bonchev–Trinajstić information content (AvgIpc) is 3.26. The quantitative estimate of drug-likeness (QED) is 0.711. The van der Waals surface area contributed by atoms with Gasteiger partial charge in [0.15, 0.2) is 0 Å². The summed E-state index contributed by atoms with van der Waals surface area (Å²) in [6, 6.07) is 8.74. The fourth-order valence-corrected chi connectivity index (χ4v) is 8.24. The van der Waals surface area contributed by atoms with Crippen LogP contribution in [0.4, 0.5) is 0 Å². The summed E-state index contributed by atoms with van der Waals surface area (Å²) in [4.78, 5) is 2.47. The van der Waals surface area contributed by atoms with Gasteiger partial charge in [0.25, 0.3) is 0 Å². The maximum atomic E-state index is 12.1. The summed E-state index contributed by atoms with van der Waals surface area (Å²) in [6.07, 6.45) is 11.8. The lowest BCUT2D eigenvalue weighted by Gasteiger charge is -2.56. The summed E-state index contributed by atoms with van der Waals surface area (Å²) < 4.78 is 0. The van der Waals surface area contributed by atoms with Crippen LogP contribution in [0, 0.1) is 22.7 Å². The Morgan fingerprint density at radius 3 is 2.39 bits per heavy atom. The topological polar surface area (TPSA) is 43.7 Å². The molecule has 1 aromatic rings. The minimum absolute atomic E-state index is 0.0417. The van der Waals surface area contributed by atoms with Crippen LogP contribution in [0.3, 0.4) is 0 Å². The molecule has 0 bridgehead atoms. The van der Waals surface area contributed by atoms with Crippen molar-refractivity contribution >= 4 is 0 Å². The van der Waals surface area contributed by atoms with Gasteiger partial charge < -0.3 is 10.2 Å². The van der Waals surface area contributed by atoms with E-state index < -0.39 is 5.60 Å². The Kier molecular flexibility index (Phi) is 4.43. The van der Waals surface area contributed by atoms with E-state index in [1.165, 1.54) is 23.1 Å². The van der Waals surface area contributed by atoms with Crippen molar-refractivity contribution in [3.63, 3.8) is 0 Å². The number of hydrogen-bond donors (Lipinski definition) is 2. The number of fused-ring (bicyclic) bond motifs is 6. The Morgan fingerprint density at radius 2 is 1.65 bits per heavy atom. The number of β-amino-alcohol motifs (C(OH)–C–C–N with tert-alkyl or cyclic N) is 1. The van der Waals surface area contributed by atoms with E-state index in [4.69, 9.17) is 0 Å². The highest BCUT2D eigenvalue weighted by molar-refractivity contribution is 5.40. The highest BCUT2D eigenvalue weighted by atomic mass is 16.3. The largest absolute Gasteiger partial charge is 0.393 e. The highest BCUT2D eigenvalue weighted by Crippen LogP contribution is 2.66. The molecule has 0 amide bonds. The van der Waals surface area contributed by atoms with E-state index in [9.17, 15) is 10.2 Å². The number of benzene rings is 1. The number of rotatable bonds is 2. The number of aliphatic hydroxyl groups excluding tert-OH is 1. The average molecular weight is 420 g/mol. The third kappa shape index (κ3) is 2.82. The Hall–Kier alpha value is -1.42. The Balaban J connectivity index is 1.27. The van der Waals surface area contributed by atoms with Gasteiger partial charge in [-0.2, -0.15) is 0 Å². The molecule has 6 unspecified atom stereocenters. The number of aliphatic hydroxyl groups is 2. The maximum Gasteiger partial charge on any atom is 0.0833 e. The molecule has 3 fully saturated rings. The predicted molar refractivity (Wildman–Crippen MR) is 123 cm³/mol. The van der Waals surface area contributed by atoms with E-state index >= 15 is 0 Å². The van der Waals surface area contributed by atoms with Crippen molar-refractivity contribution < 1.29 is 10.2 Å². The number of allylic oxidation sites excluding steroid dienone is 3. The Bertz CT molecular complexity index is 941. The van der Waals surface area contributed by atoms with Crippen LogP contribution in [0.15, 0.2) is 47.6 Å². The third-order valence-electron chi connectivity index (χ3n) is 10.3. The van der Waals surface area contributed by atoms with Crippen molar-refractivity contribution in [3.05, 3.63) is 58.7 Å². The molecule has 3 heteroatoms. The van der Waals surface area contributed by atoms with Crippen LogP contribution >= 0.6 is 0 Å². The lowest BCUT2D eigenvalue weighted by molar-refractivity contribution is -0.103. The van der Waals surface area contributed by atoms with E-state index in [0.717, 1.165) is 58.2 Å². The molecule has 166 valence electrons. The van der Waals surface area contributed by atoms with E-state index in [-0.39, 0.29) is 16.9 Å². The zero-order valence-electron chi connectivity index (χ0n) is 19.1.